The van der Waals surface area contributed by atoms with Crippen LogP contribution >= 0.6 is 0 Å². The van der Waals surface area contributed by atoms with Gasteiger partial charge in [0.2, 0.25) is 0 Å². The molecule has 1 N–H and O–H groups in total. The van der Waals surface area contributed by atoms with Crippen molar-refractivity contribution in [3.8, 4) is 0 Å². The second-order valence-corrected chi connectivity index (χ2v) is 4.98. The summed E-state index contributed by atoms with van der Waals surface area (Å²) in [5, 5.41) is 13.7. The van der Waals surface area contributed by atoms with Crippen LogP contribution in [0.4, 0.5) is 11.4 Å². The predicted octanol–water partition coefficient (Wildman–Crippen LogP) is 3.77. The van der Waals surface area contributed by atoms with Crippen molar-refractivity contribution in [3.05, 3.63) is 68.8 Å². The van der Waals surface area contributed by atoms with Crippen LogP contribution in [0.5, 0.6) is 0 Å². The van der Waals surface area contributed by atoms with Crippen LogP contribution in [0, 0.1) is 30.9 Å². The number of anilines is 1. The fraction of sp³-hybridized carbons (Fsp3) is 0.188. The highest BCUT2D eigenvalue weighted by Crippen LogP contribution is 2.23. The molecule has 0 spiro atoms. The van der Waals surface area contributed by atoms with Crippen LogP contribution in [-0.2, 0) is 0 Å². The molecule has 0 atom stereocenters. The van der Waals surface area contributed by atoms with Gasteiger partial charge in [-0.1, -0.05) is 23.8 Å². The number of hydrogen-bond acceptors (Lipinski definition) is 3. The number of nitro benzene ring substituents is 1. The van der Waals surface area contributed by atoms with Gasteiger partial charge in [-0.25, -0.2) is 0 Å². The second kappa shape index (κ2) is 5.75. The van der Waals surface area contributed by atoms with Crippen molar-refractivity contribution < 1.29 is 9.72 Å². The number of rotatable bonds is 3. The SMILES string of the molecule is Cc1ccc(NC(=O)c2cccc([N+](=O)[O-])c2C)c(C)c1. The van der Waals surface area contributed by atoms with Gasteiger partial charge in [0, 0.05) is 22.9 Å². The maximum Gasteiger partial charge on any atom is 0.273 e. The number of carbonyl (C=O) groups excluding carboxylic acids is 1. The van der Waals surface area contributed by atoms with Crippen molar-refractivity contribution in [1.82, 2.24) is 0 Å². The van der Waals surface area contributed by atoms with Crippen molar-refractivity contribution in [1.29, 1.82) is 0 Å². The second-order valence-electron chi connectivity index (χ2n) is 4.98. The Morgan fingerprint density at radius 2 is 1.86 bits per heavy atom. The zero-order valence-corrected chi connectivity index (χ0v) is 12.1. The van der Waals surface area contributed by atoms with Crippen LogP contribution in [0.2, 0.25) is 0 Å². The standard InChI is InChI=1S/C16H16N2O3/c1-10-7-8-14(11(2)9-10)17-16(19)13-5-4-6-15(12(13)3)18(20)21/h4-9H,1-3H3,(H,17,19). The van der Waals surface area contributed by atoms with Crippen LogP contribution in [0.15, 0.2) is 36.4 Å². The first-order chi connectivity index (χ1) is 9.90. The minimum absolute atomic E-state index is 0.0525. The maximum atomic E-state index is 12.3. The molecule has 0 saturated carbocycles. The smallest absolute Gasteiger partial charge is 0.273 e. The number of hydrogen-bond donors (Lipinski definition) is 1. The van der Waals surface area contributed by atoms with Crippen molar-refractivity contribution in [2.75, 3.05) is 5.32 Å². The van der Waals surface area contributed by atoms with Gasteiger partial charge in [0.05, 0.1) is 4.92 Å². The topological polar surface area (TPSA) is 72.2 Å². The van der Waals surface area contributed by atoms with Gasteiger partial charge < -0.3 is 5.32 Å². The van der Waals surface area contributed by atoms with Crippen molar-refractivity contribution in [3.63, 3.8) is 0 Å². The van der Waals surface area contributed by atoms with Crippen LogP contribution < -0.4 is 5.32 Å². The van der Waals surface area contributed by atoms with E-state index < -0.39 is 4.92 Å². The highest BCUT2D eigenvalue weighted by molar-refractivity contribution is 6.06. The Balaban J connectivity index is 2.33. The molecule has 5 heteroatoms. The number of amides is 1. The number of aryl methyl sites for hydroxylation is 2. The summed E-state index contributed by atoms with van der Waals surface area (Å²) in [4.78, 5) is 22.8. The van der Waals surface area contributed by atoms with Crippen LogP contribution in [0.3, 0.4) is 0 Å². The van der Waals surface area contributed by atoms with E-state index in [0.717, 1.165) is 11.1 Å². The number of benzene rings is 2. The first-order valence-corrected chi connectivity index (χ1v) is 6.52. The molecule has 0 aliphatic heterocycles. The third-order valence-electron chi connectivity index (χ3n) is 3.38. The van der Waals surface area contributed by atoms with Gasteiger partial charge in [0.15, 0.2) is 0 Å². The highest BCUT2D eigenvalue weighted by Gasteiger charge is 2.18. The molecule has 5 nitrogen and oxygen atoms in total. The summed E-state index contributed by atoms with van der Waals surface area (Å²) < 4.78 is 0. The fourth-order valence-electron chi connectivity index (χ4n) is 2.21. The molecular formula is C16H16N2O3. The predicted molar refractivity (Wildman–Crippen MR) is 81.7 cm³/mol. The normalized spacial score (nSPS) is 10.2. The number of carbonyl (C=O) groups is 1. The molecule has 2 aromatic rings. The Hall–Kier alpha value is -2.69. The highest BCUT2D eigenvalue weighted by atomic mass is 16.6. The summed E-state index contributed by atoms with van der Waals surface area (Å²) in [5.74, 6) is -0.344. The molecule has 2 rings (SSSR count). The first kappa shape index (κ1) is 14.7. The molecule has 108 valence electrons. The molecule has 0 aliphatic carbocycles. The molecule has 0 fully saturated rings. The van der Waals surface area contributed by atoms with Gasteiger partial charge in [-0.15, -0.1) is 0 Å². The minimum atomic E-state index is -0.483. The minimum Gasteiger partial charge on any atom is -0.322 e. The lowest BCUT2D eigenvalue weighted by Crippen LogP contribution is -2.14. The molecular weight excluding hydrogens is 268 g/mol. The molecule has 0 radical (unpaired) electrons. The Morgan fingerprint density at radius 3 is 2.48 bits per heavy atom. The van der Waals surface area contributed by atoms with E-state index in [-0.39, 0.29) is 11.6 Å². The van der Waals surface area contributed by atoms with Crippen molar-refractivity contribution in [2.45, 2.75) is 20.8 Å². The molecule has 0 aliphatic rings. The zero-order valence-electron chi connectivity index (χ0n) is 12.1. The number of nitrogens with zero attached hydrogens (tertiary/aromatic N) is 1. The van der Waals surface area contributed by atoms with E-state index in [0.29, 0.717) is 16.8 Å². The van der Waals surface area contributed by atoms with Crippen molar-refractivity contribution in [2.24, 2.45) is 0 Å². The van der Waals surface area contributed by atoms with E-state index in [9.17, 15) is 14.9 Å². The van der Waals surface area contributed by atoms with Crippen LogP contribution in [-0.4, -0.2) is 10.8 Å². The van der Waals surface area contributed by atoms with Crippen LogP contribution in [0.25, 0.3) is 0 Å². The molecule has 1 amide bonds. The van der Waals surface area contributed by atoms with Gasteiger partial charge >= 0.3 is 0 Å². The Morgan fingerprint density at radius 1 is 1.14 bits per heavy atom. The molecule has 0 aromatic heterocycles. The summed E-state index contributed by atoms with van der Waals surface area (Å²) in [6, 6.07) is 10.2. The van der Waals surface area contributed by atoms with Gasteiger partial charge in [-0.05, 0) is 38.5 Å². The quantitative estimate of drug-likeness (QED) is 0.688. The maximum absolute atomic E-state index is 12.3. The summed E-state index contributed by atoms with van der Waals surface area (Å²) >= 11 is 0. The van der Waals surface area contributed by atoms with Gasteiger partial charge in [0.25, 0.3) is 11.6 Å². The average Bonchev–Trinajstić information content (AvgIpc) is 2.41. The monoisotopic (exact) mass is 284 g/mol. The van der Waals surface area contributed by atoms with E-state index in [1.807, 2.05) is 32.0 Å². The Labute approximate surface area is 122 Å². The zero-order chi connectivity index (χ0) is 15.6. The van der Waals surface area contributed by atoms with Gasteiger partial charge in [0.1, 0.15) is 0 Å². The lowest BCUT2D eigenvalue weighted by molar-refractivity contribution is -0.385. The summed E-state index contributed by atoms with van der Waals surface area (Å²) in [6.45, 7) is 5.46. The third kappa shape index (κ3) is 3.08. The molecule has 0 bridgehead atoms. The van der Waals surface area contributed by atoms with E-state index in [1.54, 1.807) is 13.0 Å². The molecule has 0 heterocycles. The third-order valence-corrected chi connectivity index (χ3v) is 3.38. The fourth-order valence-corrected chi connectivity index (χ4v) is 2.21. The van der Waals surface area contributed by atoms with Crippen LogP contribution in [0.1, 0.15) is 27.0 Å². The largest absolute Gasteiger partial charge is 0.322 e. The first-order valence-electron chi connectivity index (χ1n) is 6.52. The molecule has 0 saturated heterocycles. The lowest BCUT2D eigenvalue weighted by atomic mass is 10.1. The summed E-state index contributed by atoms with van der Waals surface area (Å²) in [6.07, 6.45) is 0. The van der Waals surface area contributed by atoms with E-state index in [1.165, 1.54) is 12.1 Å². The number of nitro groups is 1. The number of nitrogens with one attached hydrogen (secondary N) is 1. The van der Waals surface area contributed by atoms with E-state index >= 15 is 0 Å². The van der Waals surface area contributed by atoms with E-state index in [2.05, 4.69) is 5.32 Å². The summed E-state index contributed by atoms with van der Waals surface area (Å²) in [5.41, 5.74) is 3.39. The Bertz CT molecular complexity index is 723. The molecule has 21 heavy (non-hydrogen) atoms. The summed E-state index contributed by atoms with van der Waals surface area (Å²) in [7, 11) is 0. The molecule has 2 aromatic carbocycles. The van der Waals surface area contributed by atoms with E-state index in [4.69, 9.17) is 0 Å². The van der Waals surface area contributed by atoms with Crippen molar-refractivity contribution >= 4 is 17.3 Å². The lowest BCUT2D eigenvalue weighted by Gasteiger charge is -2.10. The van der Waals surface area contributed by atoms with Gasteiger partial charge in [-0.3, -0.25) is 14.9 Å². The molecule has 0 unspecified atom stereocenters. The average molecular weight is 284 g/mol. The Kier molecular flexibility index (Phi) is 4.03. The van der Waals surface area contributed by atoms with Gasteiger partial charge in [-0.2, -0.15) is 0 Å².